The summed E-state index contributed by atoms with van der Waals surface area (Å²) in [7, 11) is 0. The fourth-order valence-corrected chi connectivity index (χ4v) is 7.71. The van der Waals surface area contributed by atoms with Crippen LogP contribution in [0.15, 0.2) is 176 Å². The fraction of sp³-hybridized carbons (Fsp3) is 0. The van der Waals surface area contributed by atoms with Gasteiger partial charge in [-0.2, -0.15) is 0 Å². The van der Waals surface area contributed by atoms with E-state index < -0.39 is 0 Å². The number of hydrogen-bond donors (Lipinski definition) is 0. The Labute approximate surface area is 288 Å². The fourth-order valence-electron chi connectivity index (χ4n) is 6.47. The molecular weight excluding hydrogens is 615 g/mol. The maximum Gasteiger partial charge on any atom is 0.164 e. The summed E-state index contributed by atoms with van der Waals surface area (Å²) in [5, 5.41) is 2.61. The summed E-state index contributed by atoms with van der Waals surface area (Å²) < 4.78 is 2.62. The predicted octanol–water partition coefficient (Wildman–Crippen LogP) is 12.2. The number of benzene rings is 7. The summed E-state index contributed by atoms with van der Waals surface area (Å²) in [6.45, 7) is 0. The molecule has 3 nitrogen and oxygen atoms in total. The lowest BCUT2D eigenvalue weighted by molar-refractivity contribution is 1.07. The van der Waals surface area contributed by atoms with Crippen molar-refractivity contribution in [3.8, 4) is 67.5 Å². The third-order valence-electron chi connectivity index (χ3n) is 8.93. The highest BCUT2D eigenvalue weighted by Crippen LogP contribution is 2.42. The van der Waals surface area contributed by atoms with Crippen LogP contribution in [0.3, 0.4) is 0 Å². The molecule has 9 rings (SSSR count). The second-order valence-corrected chi connectivity index (χ2v) is 13.1. The number of rotatable bonds is 6. The van der Waals surface area contributed by atoms with Crippen LogP contribution in [-0.4, -0.2) is 15.0 Å². The molecule has 4 heteroatoms. The van der Waals surface area contributed by atoms with Gasteiger partial charge >= 0.3 is 0 Å². The molecule has 9 aromatic rings. The standard InChI is InChI=1S/C45H29N3S/c1-4-13-30(14-5-1)35-27-36(29-37(28-35)38-20-12-21-40-39-19-10-11-22-41(39)49-42(38)40)31-23-25-34(26-24-31)45-47-43(32-15-6-2-7-16-32)46-44(48-45)33-17-8-3-9-18-33/h1-29H. The van der Waals surface area contributed by atoms with Crippen LogP contribution in [0.5, 0.6) is 0 Å². The smallest absolute Gasteiger partial charge is 0.164 e. The van der Waals surface area contributed by atoms with Gasteiger partial charge in [-0.1, -0.05) is 152 Å². The molecule has 0 N–H and O–H groups in total. The summed E-state index contributed by atoms with van der Waals surface area (Å²) in [6, 6.07) is 61.7. The first-order valence-electron chi connectivity index (χ1n) is 16.4. The molecule has 0 aliphatic carbocycles. The van der Waals surface area contributed by atoms with Gasteiger partial charge in [-0.05, 0) is 57.6 Å². The van der Waals surface area contributed by atoms with Crippen LogP contribution >= 0.6 is 11.3 Å². The van der Waals surface area contributed by atoms with Crippen LogP contribution in [0.1, 0.15) is 0 Å². The van der Waals surface area contributed by atoms with Crippen molar-refractivity contribution in [2.24, 2.45) is 0 Å². The minimum absolute atomic E-state index is 0.648. The van der Waals surface area contributed by atoms with Gasteiger partial charge < -0.3 is 0 Å². The maximum absolute atomic E-state index is 4.94. The van der Waals surface area contributed by atoms with Crippen molar-refractivity contribution in [1.29, 1.82) is 0 Å². The lowest BCUT2D eigenvalue weighted by Crippen LogP contribution is -2.00. The topological polar surface area (TPSA) is 38.7 Å². The van der Waals surface area contributed by atoms with Crippen LogP contribution in [-0.2, 0) is 0 Å². The zero-order chi connectivity index (χ0) is 32.6. The molecule has 0 spiro atoms. The van der Waals surface area contributed by atoms with Crippen molar-refractivity contribution in [3.63, 3.8) is 0 Å². The monoisotopic (exact) mass is 643 g/mol. The van der Waals surface area contributed by atoms with E-state index in [9.17, 15) is 0 Å². The first-order chi connectivity index (χ1) is 24.3. The van der Waals surface area contributed by atoms with Gasteiger partial charge in [0, 0.05) is 36.9 Å². The van der Waals surface area contributed by atoms with Gasteiger partial charge in [0.1, 0.15) is 0 Å². The van der Waals surface area contributed by atoms with Crippen molar-refractivity contribution in [3.05, 3.63) is 176 Å². The second kappa shape index (κ2) is 12.4. The minimum Gasteiger partial charge on any atom is -0.208 e. The molecule has 0 aliphatic rings. The number of nitrogens with zero attached hydrogens (tertiary/aromatic N) is 3. The van der Waals surface area contributed by atoms with Gasteiger partial charge in [0.2, 0.25) is 0 Å². The van der Waals surface area contributed by atoms with E-state index in [4.69, 9.17) is 15.0 Å². The molecule has 230 valence electrons. The maximum atomic E-state index is 4.94. The summed E-state index contributed by atoms with van der Waals surface area (Å²) in [4.78, 5) is 14.7. The quantitative estimate of drug-likeness (QED) is 0.181. The van der Waals surface area contributed by atoms with Crippen molar-refractivity contribution in [2.45, 2.75) is 0 Å². The van der Waals surface area contributed by atoms with E-state index in [0.717, 1.165) is 27.8 Å². The SMILES string of the molecule is c1ccc(-c2cc(-c3ccc(-c4nc(-c5ccccc5)nc(-c5ccccc5)n4)cc3)cc(-c3cccc4c3sc3ccccc34)c2)cc1. The molecule has 2 heterocycles. The van der Waals surface area contributed by atoms with E-state index in [0.29, 0.717) is 17.5 Å². The Balaban J connectivity index is 1.16. The third-order valence-corrected chi connectivity index (χ3v) is 10.2. The van der Waals surface area contributed by atoms with Crippen LogP contribution in [0.4, 0.5) is 0 Å². The number of aromatic nitrogens is 3. The van der Waals surface area contributed by atoms with E-state index in [1.807, 2.05) is 72.0 Å². The molecule has 0 atom stereocenters. The van der Waals surface area contributed by atoms with E-state index in [2.05, 4.69) is 115 Å². The molecule has 0 fully saturated rings. The zero-order valence-corrected chi connectivity index (χ0v) is 27.3. The number of fused-ring (bicyclic) bond motifs is 3. The summed E-state index contributed by atoms with van der Waals surface area (Å²) in [5.74, 6) is 1.96. The molecule has 0 aliphatic heterocycles. The largest absolute Gasteiger partial charge is 0.208 e. The van der Waals surface area contributed by atoms with Gasteiger partial charge in [0.15, 0.2) is 17.5 Å². The van der Waals surface area contributed by atoms with E-state index in [-0.39, 0.29) is 0 Å². The molecular formula is C45H29N3S. The van der Waals surface area contributed by atoms with Crippen molar-refractivity contribution < 1.29 is 0 Å². The minimum atomic E-state index is 0.648. The molecule has 2 aromatic heterocycles. The Bertz CT molecular complexity index is 2520. The Kier molecular flexibility index (Phi) is 7.34. The van der Waals surface area contributed by atoms with Crippen LogP contribution in [0.2, 0.25) is 0 Å². The van der Waals surface area contributed by atoms with Gasteiger partial charge in [-0.15, -0.1) is 11.3 Å². The molecule has 0 saturated heterocycles. The normalized spacial score (nSPS) is 11.3. The van der Waals surface area contributed by atoms with Crippen molar-refractivity contribution >= 4 is 31.5 Å². The number of thiophene rings is 1. The Morgan fingerprint density at radius 3 is 1.33 bits per heavy atom. The molecule has 0 radical (unpaired) electrons. The van der Waals surface area contributed by atoms with Crippen LogP contribution in [0.25, 0.3) is 87.7 Å². The van der Waals surface area contributed by atoms with Gasteiger partial charge in [0.05, 0.1) is 0 Å². The predicted molar refractivity (Wildman–Crippen MR) is 205 cm³/mol. The summed E-state index contributed by atoms with van der Waals surface area (Å²) >= 11 is 1.87. The van der Waals surface area contributed by atoms with E-state index >= 15 is 0 Å². The van der Waals surface area contributed by atoms with Crippen molar-refractivity contribution in [1.82, 2.24) is 15.0 Å². The Morgan fingerprint density at radius 2 is 0.735 bits per heavy atom. The van der Waals surface area contributed by atoms with Crippen molar-refractivity contribution in [2.75, 3.05) is 0 Å². The van der Waals surface area contributed by atoms with Crippen LogP contribution < -0.4 is 0 Å². The molecule has 7 aromatic carbocycles. The Hall–Kier alpha value is -6.23. The number of hydrogen-bond acceptors (Lipinski definition) is 4. The highest BCUT2D eigenvalue weighted by Gasteiger charge is 2.15. The van der Waals surface area contributed by atoms with Crippen LogP contribution in [0, 0.1) is 0 Å². The lowest BCUT2D eigenvalue weighted by atomic mass is 9.92. The summed E-state index contributed by atoms with van der Waals surface area (Å²) in [6.07, 6.45) is 0. The average molecular weight is 644 g/mol. The van der Waals surface area contributed by atoms with Gasteiger partial charge in [-0.3, -0.25) is 0 Å². The first kappa shape index (κ1) is 29.0. The van der Waals surface area contributed by atoms with Gasteiger partial charge in [0.25, 0.3) is 0 Å². The molecule has 0 amide bonds. The molecule has 0 unspecified atom stereocenters. The zero-order valence-electron chi connectivity index (χ0n) is 26.5. The first-order valence-corrected chi connectivity index (χ1v) is 17.2. The highest BCUT2D eigenvalue weighted by atomic mass is 32.1. The highest BCUT2D eigenvalue weighted by molar-refractivity contribution is 7.26. The Morgan fingerprint density at radius 1 is 0.306 bits per heavy atom. The van der Waals surface area contributed by atoms with E-state index in [1.54, 1.807) is 0 Å². The van der Waals surface area contributed by atoms with E-state index in [1.165, 1.54) is 42.4 Å². The third kappa shape index (κ3) is 5.58. The molecule has 0 saturated carbocycles. The van der Waals surface area contributed by atoms with Gasteiger partial charge in [-0.25, -0.2) is 15.0 Å². The molecule has 0 bridgehead atoms. The second-order valence-electron chi connectivity index (χ2n) is 12.1. The lowest BCUT2D eigenvalue weighted by Gasteiger charge is -2.13. The average Bonchev–Trinajstić information content (AvgIpc) is 3.58. The molecule has 49 heavy (non-hydrogen) atoms. The summed E-state index contributed by atoms with van der Waals surface area (Å²) in [5.41, 5.74) is 9.98.